The standard InChI is InChI=1S/C15H24N2O3/c1-12(2)13-4-6-14(7-5-13)17-15(19)16-8-3-10-20-11-9-18/h4-7,12,18H,3,8-11H2,1-2H3,(H2,16,17,19). The molecule has 5 heteroatoms. The van der Waals surface area contributed by atoms with Crippen molar-refractivity contribution in [1.29, 1.82) is 0 Å². The van der Waals surface area contributed by atoms with Crippen LogP contribution in [0, 0.1) is 0 Å². The minimum absolute atomic E-state index is 0.0281. The van der Waals surface area contributed by atoms with Crippen LogP contribution in [0.25, 0.3) is 0 Å². The maximum Gasteiger partial charge on any atom is 0.319 e. The minimum atomic E-state index is -0.218. The van der Waals surface area contributed by atoms with Gasteiger partial charge in [0.15, 0.2) is 0 Å². The van der Waals surface area contributed by atoms with Crippen LogP contribution in [0.15, 0.2) is 24.3 Å². The molecule has 0 atom stereocenters. The first kappa shape index (κ1) is 16.5. The fourth-order valence-electron chi connectivity index (χ4n) is 1.67. The maximum absolute atomic E-state index is 11.6. The monoisotopic (exact) mass is 280 g/mol. The number of benzene rings is 1. The zero-order valence-corrected chi connectivity index (χ0v) is 12.2. The molecule has 0 aliphatic rings. The molecule has 2 amide bonds. The predicted molar refractivity (Wildman–Crippen MR) is 80.1 cm³/mol. The molecular weight excluding hydrogens is 256 g/mol. The molecular formula is C15H24N2O3. The molecule has 0 aliphatic heterocycles. The molecule has 0 aromatic heterocycles. The van der Waals surface area contributed by atoms with Crippen LogP contribution >= 0.6 is 0 Å². The maximum atomic E-state index is 11.6. The van der Waals surface area contributed by atoms with Gasteiger partial charge in [-0.3, -0.25) is 0 Å². The highest BCUT2D eigenvalue weighted by Crippen LogP contribution is 2.16. The number of rotatable bonds is 8. The third-order valence-electron chi connectivity index (χ3n) is 2.82. The topological polar surface area (TPSA) is 70.6 Å². The van der Waals surface area contributed by atoms with Gasteiger partial charge in [-0.1, -0.05) is 26.0 Å². The van der Waals surface area contributed by atoms with E-state index < -0.39 is 0 Å². The van der Waals surface area contributed by atoms with Gasteiger partial charge in [0.25, 0.3) is 0 Å². The lowest BCUT2D eigenvalue weighted by Gasteiger charge is -2.09. The van der Waals surface area contributed by atoms with E-state index in [4.69, 9.17) is 9.84 Å². The number of aliphatic hydroxyl groups excluding tert-OH is 1. The molecule has 1 aromatic rings. The second-order valence-corrected chi connectivity index (χ2v) is 4.85. The van der Waals surface area contributed by atoms with Crippen molar-refractivity contribution in [2.45, 2.75) is 26.2 Å². The van der Waals surface area contributed by atoms with Crippen LogP contribution in [0.4, 0.5) is 10.5 Å². The van der Waals surface area contributed by atoms with Crippen molar-refractivity contribution in [3.05, 3.63) is 29.8 Å². The number of ether oxygens (including phenoxy) is 1. The van der Waals surface area contributed by atoms with Crippen LogP contribution in [0.3, 0.4) is 0 Å². The Morgan fingerprint density at radius 2 is 1.95 bits per heavy atom. The number of nitrogens with one attached hydrogen (secondary N) is 2. The number of urea groups is 1. The van der Waals surface area contributed by atoms with E-state index in [9.17, 15) is 4.79 Å². The van der Waals surface area contributed by atoms with E-state index in [1.807, 2.05) is 24.3 Å². The molecule has 0 fully saturated rings. The quantitative estimate of drug-likeness (QED) is 0.640. The largest absolute Gasteiger partial charge is 0.394 e. The Kier molecular flexibility index (Phi) is 7.69. The van der Waals surface area contributed by atoms with Gasteiger partial charge in [0.2, 0.25) is 0 Å². The predicted octanol–water partition coefficient (Wildman–Crippen LogP) is 2.33. The summed E-state index contributed by atoms with van der Waals surface area (Å²) < 4.78 is 5.10. The van der Waals surface area contributed by atoms with E-state index in [-0.39, 0.29) is 12.6 Å². The van der Waals surface area contributed by atoms with Gasteiger partial charge in [0.1, 0.15) is 0 Å². The fraction of sp³-hybridized carbons (Fsp3) is 0.533. The molecule has 0 saturated carbocycles. The van der Waals surface area contributed by atoms with Gasteiger partial charge in [-0.25, -0.2) is 4.79 Å². The van der Waals surface area contributed by atoms with Crippen molar-refractivity contribution >= 4 is 11.7 Å². The Balaban J connectivity index is 2.21. The first-order valence-corrected chi connectivity index (χ1v) is 6.97. The summed E-state index contributed by atoms with van der Waals surface area (Å²) in [7, 11) is 0. The molecule has 20 heavy (non-hydrogen) atoms. The van der Waals surface area contributed by atoms with Gasteiger partial charge in [-0.2, -0.15) is 0 Å². The van der Waals surface area contributed by atoms with Crippen molar-refractivity contribution in [2.24, 2.45) is 0 Å². The van der Waals surface area contributed by atoms with Crippen LogP contribution in [-0.2, 0) is 4.74 Å². The van der Waals surface area contributed by atoms with E-state index >= 15 is 0 Å². The highest BCUT2D eigenvalue weighted by Gasteiger charge is 2.02. The molecule has 0 heterocycles. The van der Waals surface area contributed by atoms with Crippen LogP contribution < -0.4 is 10.6 Å². The highest BCUT2D eigenvalue weighted by molar-refractivity contribution is 5.89. The summed E-state index contributed by atoms with van der Waals surface area (Å²) in [6.45, 7) is 5.71. The van der Waals surface area contributed by atoms with E-state index in [0.717, 1.165) is 12.1 Å². The number of aliphatic hydroxyl groups is 1. The summed E-state index contributed by atoms with van der Waals surface area (Å²) in [5, 5.41) is 14.1. The summed E-state index contributed by atoms with van der Waals surface area (Å²) in [6.07, 6.45) is 0.722. The van der Waals surface area contributed by atoms with E-state index in [0.29, 0.717) is 25.7 Å². The van der Waals surface area contributed by atoms with Crippen molar-refractivity contribution < 1.29 is 14.6 Å². The average Bonchev–Trinajstić information content (AvgIpc) is 2.43. The SMILES string of the molecule is CC(C)c1ccc(NC(=O)NCCCOCCO)cc1. The summed E-state index contributed by atoms with van der Waals surface area (Å²) in [5.41, 5.74) is 2.03. The van der Waals surface area contributed by atoms with Crippen LogP contribution in [-0.4, -0.2) is 37.5 Å². The van der Waals surface area contributed by atoms with Crippen molar-refractivity contribution in [3.8, 4) is 0 Å². The van der Waals surface area contributed by atoms with Crippen LogP contribution in [0.1, 0.15) is 31.7 Å². The van der Waals surface area contributed by atoms with Gasteiger partial charge in [-0.15, -0.1) is 0 Å². The Morgan fingerprint density at radius 3 is 2.55 bits per heavy atom. The normalized spacial score (nSPS) is 10.6. The lowest BCUT2D eigenvalue weighted by atomic mass is 10.0. The number of anilines is 1. The number of carbonyl (C=O) groups excluding carboxylic acids is 1. The Hall–Kier alpha value is -1.59. The summed E-state index contributed by atoms with van der Waals surface area (Å²) >= 11 is 0. The van der Waals surface area contributed by atoms with Crippen molar-refractivity contribution in [1.82, 2.24) is 5.32 Å². The molecule has 1 aromatic carbocycles. The Bertz CT molecular complexity index is 391. The molecule has 0 spiro atoms. The average molecular weight is 280 g/mol. The zero-order valence-electron chi connectivity index (χ0n) is 12.2. The van der Waals surface area contributed by atoms with E-state index in [1.165, 1.54) is 5.56 Å². The molecule has 112 valence electrons. The summed E-state index contributed by atoms with van der Waals surface area (Å²) in [5.74, 6) is 0.483. The molecule has 0 radical (unpaired) electrons. The molecule has 0 aliphatic carbocycles. The molecule has 0 unspecified atom stereocenters. The van der Waals surface area contributed by atoms with Gasteiger partial charge in [-0.05, 0) is 30.0 Å². The Labute approximate surface area is 120 Å². The number of amides is 2. The third-order valence-corrected chi connectivity index (χ3v) is 2.82. The van der Waals surface area contributed by atoms with E-state index in [1.54, 1.807) is 0 Å². The smallest absolute Gasteiger partial charge is 0.319 e. The fourth-order valence-corrected chi connectivity index (χ4v) is 1.67. The second-order valence-electron chi connectivity index (χ2n) is 4.85. The number of carbonyl (C=O) groups is 1. The highest BCUT2D eigenvalue weighted by atomic mass is 16.5. The van der Waals surface area contributed by atoms with E-state index in [2.05, 4.69) is 24.5 Å². The second kappa shape index (κ2) is 9.34. The molecule has 3 N–H and O–H groups in total. The molecule has 5 nitrogen and oxygen atoms in total. The molecule has 0 bridgehead atoms. The zero-order chi connectivity index (χ0) is 14.8. The first-order valence-electron chi connectivity index (χ1n) is 6.97. The molecule has 0 saturated heterocycles. The van der Waals surface area contributed by atoms with Crippen molar-refractivity contribution in [3.63, 3.8) is 0 Å². The minimum Gasteiger partial charge on any atom is -0.394 e. The lowest BCUT2D eigenvalue weighted by molar-refractivity contribution is 0.0910. The number of hydrogen-bond acceptors (Lipinski definition) is 3. The van der Waals surface area contributed by atoms with Gasteiger partial charge in [0, 0.05) is 18.8 Å². The van der Waals surface area contributed by atoms with Crippen molar-refractivity contribution in [2.75, 3.05) is 31.7 Å². The summed E-state index contributed by atoms with van der Waals surface area (Å²) in [6, 6.07) is 7.62. The first-order chi connectivity index (χ1) is 9.63. The van der Waals surface area contributed by atoms with Gasteiger partial charge < -0.3 is 20.5 Å². The van der Waals surface area contributed by atoms with Gasteiger partial charge in [0.05, 0.1) is 13.2 Å². The Morgan fingerprint density at radius 1 is 1.25 bits per heavy atom. The third kappa shape index (κ3) is 6.54. The number of hydrogen-bond donors (Lipinski definition) is 3. The van der Waals surface area contributed by atoms with Crippen LogP contribution in [0.2, 0.25) is 0 Å². The lowest BCUT2D eigenvalue weighted by Crippen LogP contribution is -2.30. The van der Waals surface area contributed by atoms with Crippen LogP contribution in [0.5, 0.6) is 0 Å². The summed E-state index contributed by atoms with van der Waals surface area (Å²) in [4.78, 5) is 11.6. The molecule has 1 rings (SSSR count). The van der Waals surface area contributed by atoms with Gasteiger partial charge >= 0.3 is 6.03 Å².